The Morgan fingerprint density at radius 1 is 0.600 bits per heavy atom. The Kier molecular flexibility index (Phi) is 19.3. The predicted molar refractivity (Wildman–Crippen MR) is 195 cm³/mol. The van der Waals surface area contributed by atoms with Crippen LogP contribution < -0.4 is 11.1 Å². The first-order chi connectivity index (χ1) is 23.4. The molecule has 0 aliphatic carbocycles. The van der Waals surface area contributed by atoms with Crippen molar-refractivity contribution >= 4 is 58.7 Å². The Balaban J connectivity index is 0.000000411. The molecule has 12 heteroatoms. The fraction of sp³-hybridized carbons (Fsp3) is 0.211. The van der Waals surface area contributed by atoms with E-state index in [1.165, 1.54) is 13.8 Å². The molecule has 0 radical (unpaired) electrons. The Labute approximate surface area is 302 Å². The summed E-state index contributed by atoms with van der Waals surface area (Å²) in [5, 5.41) is 1.99. The minimum absolute atomic E-state index is 0. The summed E-state index contributed by atoms with van der Waals surface area (Å²) in [6.45, 7) is 6.18. The number of rotatable bonds is 11. The molecule has 3 N–H and O–H groups in total. The third-order valence-corrected chi connectivity index (χ3v) is 6.87. The summed E-state index contributed by atoms with van der Waals surface area (Å²) in [5.74, 6) is -2.75. The van der Waals surface area contributed by atoms with Crippen LogP contribution in [-0.4, -0.2) is 60.0 Å². The number of ether oxygens (including phenoxy) is 2. The lowest BCUT2D eigenvalue weighted by Gasteiger charge is -2.14. The van der Waals surface area contributed by atoms with Crippen LogP contribution in [0.2, 0.25) is 0 Å². The van der Waals surface area contributed by atoms with Gasteiger partial charge in [0.05, 0.1) is 13.2 Å². The van der Waals surface area contributed by atoms with Crippen LogP contribution in [-0.2, 0) is 28.7 Å². The molecule has 0 saturated heterocycles. The molecule has 2 atom stereocenters. The van der Waals surface area contributed by atoms with Gasteiger partial charge in [0, 0.05) is 11.1 Å². The fourth-order valence-electron chi connectivity index (χ4n) is 4.03. The normalized spacial score (nSPS) is 10.9. The highest BCUT2D eigenvalue weighted by Gasteiger charge is 2.27. The zero-order chi connectivity index (χ0) is 36.3. The molecule has 0 aliphatic heterocycles. The molecule has 10 nitrogen and oxygen atoms in total. The lowest BCUT2D eigenvalue weighted by Crippen LogP contribution is -2.46. The van der Waals surface area contributed by atoms with E-state index in [4.69, 9.17) is 22.1 Å². The molecule has 0 heterocycles. The second-order valence-corrected chi connectivity index (χ2v) is 10.6. The van der Waals surface area contributed by atoms with Crippen molar-refractivity contribution in [1.82, 2.24) is 5.32 Å². The van der Waals surface area contributed by atoms with Crippen LogP contribution >= 0.6 is 24.0 Å². The van der Waals surface area contributed by atoms with Crippen molar-refractivity contribution in [2.45, 2.75) is 39.8 Å². The van der Waals surface area contributed by atoms with Crippen molar-refractivity contribution in [3.8, 4) is 22.3 Å². The number of ketones is 2. The summed E-state index contributed by atoms with van der Waals surface area (Å²) in [6, 6.07) is 31.5. The Hall–Kier alpha value is -5.16. The van der Waals surface area contributed by atoms with E-state index in [2.05, 4.69) is 10.1 Å². The molecule has 4 aromatic rings. The average molecular weight is 724 g/mol. The Morgan fingerprint density at radius 2 is 0.980 bits per heavy atom. The number of benzene rings is 4. The van der Waals surface area contributed by atoms with Crippen LogP contribution in [0.3, 0.4) is 0 Å². The molecule has 4 rings (SSSR count). The van der Waals surface area contributed by atoms with Gasteiger partial charge in [-0.1, -0.05) is 84.9 Å². The highest BCUT2D eigenvalue weighted by atomic mass is 35.5. The monoisotopic (exact) mass is 722 g/mol. The minimum Gasteiger partial charge on any atom is -0.464 e. The second kappa shape index (κ2) is 22.5. The molecular weight excluding hydrogens is 683 g/mol. The SMILES string of the molecule is CCOC(=O)C(N)C(C)=O.CCOC(=O)C(NC(=O)c1ccc(-c2ccccc2)cc1)C(C)=O.Cl.O=C(Cl)c1ccc(-c2ccccc2)cc1. The first kappa shape index (κ1) is 42.9. The number of Topliss-reactive ketones (excluding diaryl/α,β-unsaturated/α-hetero) is 2. The molecule has 4 aromatic carbocycles. The van der Waals surface area contributed by atoms with E-state index in [-0.39, 0.29) is 31.4 Å². The number of hydrogen-bond donors (Lipinski definition) is 2. The molecule has 0 saturated carbocycles. The summed E-state index contributed by atoms with van der Waals surface area (Å²) >= 11 is 5.36. The van der Waals surface area contributed by atoms with Crippen LogP contribution in [0.1, 0.15) is 48.4 Å². The van der Waals surface area contributed by atoms with Gasteiger partial charge in [-0.3, -0.25) is 19.2 Å². The molecule has 0 aromatic heterocycles. The first-order valence-corrected chi connectivity index (χ1v) is 15.7. The summed E-state index contributed by atoms with van der Waals surface area (Å²) in [7, 11) is 0. The number of carbonyl (C=O) groups excluding carboxylic acids is 6. The van der Waals surface area contributed by atoms with Crippen molar-refractivity contribution in [1.29, 1.82) is 0 Å². The van der Waals surface area contributed by atoms with Crippen LogP contribution in [0, 0.1) is 0 Å². The number of esters is 2. The molecule has 0 bridgehead atoms. The van der Waals surface area contributed by atoms with Gasteiger partial charge in [-0.05, 0) is 85.8 Å². The van der Waals surface area contributed by atoms with E-state index >= 15 is 0 Å². The predicted octanol–water partition coefficient (Wildman–Crippen LogP) is 6.22. The molecule has 0 spiro atoms. The summed E-state index contributed by atoms with van der Waals surface area (Å²) < 4.78 is 9.28. The van der Waals surface area contributed by atoms with Gasteiger partial charge in [-0.2, -0.15) is 0 Å². The molecule has 50 heavy (non-hydrogen) atoms. The zero-order valence-corrected chi connectivity index (χ0v) is 29.7. The smallest absolute Gasteiger partial charge is 0.336 e. The molecule has 0 aliphatic rings. The van der Waals surface area contributed by atoms with Gasteiger partial charge < -0.3 is 20.5 Å². The lowest BCUT2D eigenvalue weighted by molar-refractivity contribution is -0.149. The topological polar surface area (TPSA) is 159 Å². The van der Waals surface area contributed by atoms with Crippen LogP contribution in [0.5, 0.6) is 0 Å². The van der Waals surface area contributed by atoms with Gasteiger partial charge in [-0.25, -0.2) is 9.59 Å². The van der Waals surface area contributed by atoms with Crippen molar-refractivity contribution in [2.75, 3.05) is 13.2 Å². The van der Waals surface area contributed by atoms with Crippen LogP contribution in [0.4, 0.5) is 0 Å². The maximum absolute atomic E-state index is 12.2. The van der Waals surface area contributed by atoms with E-state index in [9.17, 15) is 28.8 Å². The van der Waals surface area contributed by atoms with Gasteiger partial charge in [0.1, 0.15) is 0 Å². The standard InChI is InChI=1S/C19H19NO4.C13H9ClO.C6H11NO3.ClH/c1-3-24-19(23)17(13(2)21)20-18(22)16-11-9-15(10-12-16)14-7-5-4-6-8-14;14-13(15)12-8-6-11(7-9-12)10-4-2-1-3-5-10;1-3-10-6(9)5(7)4(2)8;/h4-12,17H,3H2,1-2H3,(H,20,22);1-9H;5H,3,7H2,1-2H3;1H. The van der Waals surface area contributed by atoms with Crippen molar-refractivity contribution in [3.05, 3.63) is 120 Å². The van der Waals surface area contributed by atoms with Crippen molar-refractivity contribution < 1.29 is 38.2 Å². The highest BCUT2D eigenvalue weighted by Crippen LogP contribution is 2.20. The maximum Gasteiger partial charge on any atom is 0.336 e. The van der Waals surface area contributed by atoms with Gasteiger partial charge in [-0.15, -0.1) is 12.4 Å². The first-order valence-electron chi connectivity index (χ1n) is 15.3. The highest BCUT2D eigenvalue weighted by molar-refractivity contribution is 6.67. The lowest BCUT2D eigenvalue weighted by atomic mass is 10.0. The molecule has 1 amide bonds. The number of nitrogens with two attached hydrogens (primary N) is 1. The summed E-state index contributed by atoms with van der Waals surface area (Å²) in [4.78, 5) is 67.4. The number of amides is 1. The maximum atomic E-state index is 12.2. The fourth-order valence-corrected chi connectivity index (χ4v) is 4.16. The van der Waals surface area contributed by atoms with Crippen molar-refractivity contribution in [3.63, 3.8) is 0 Å². The quantitative estimate of drug-likeness (QED) is 0.104. The third-order valence-electron chi connectivity index (χ3n) is 6.66. The summed E-state index contributed by atoms with van der Waals surface area (Å²) in [6.07, 6.45) is 0. The molecule has 0 fully saturated rings. The van der Waals surface area contributed by atoms with E-state index in [0.717, 1.165) is 22.3 Å². The van der Waals surface area contributed by atoms with E-state index < -0.39 is 41.0 Å². The van der Waals surface area contributed by atoms with Gasteiger partial charge in [0.15, 0.2) is 23.7 Å². The zero-order valence-electron chi connectivity index (χ0n) is 28.1. The van der Waals surface area contributed by atoms with E-state index in [1.807, 2.05) is 84.9 Å². The number of halogens is 2. The Morgan fingerprint density at radius 3 is 1.34 bits per heavy atom. The largest absolute Gasteiger partial charge is 0.464 e. The number of hydrogen-bond acceptors (Lipinski definition) is 9. The van der Waals surface area contributed by atoms with E-state index in [0.29, 0.717) is 11.1 Å². The van der Waals surface area contributed by atoms with Crippen LogP contribution in [0.25, 0.3) is 22.3 Å². The second-order valence-electron chi connectivity index (χ2n) is 10.3. The van der Waals surface area contributed by atoms with Gasteiger partial charge >= 0.3 is 11.9 Å². The number of nitrogens with one attached hydrogen (secondary N) is 1. The van der Waals surface area contributed by atoms with Gasteiger partial charge in [0.2, 0.25) is 0 Å². The molecule has 264 valence electrons. The Bertz CT molecular complexity index is 1700. The summed E-state index contributed by atoms with van der Waals surface area (Å²) in [5.41, 5.74) is 10.2. The minimum atomic E-state index is -1.29. The average Bonchev–Trinajstić information content (AvgIpc) is 3.11. The van der Waals surface area contributed by atoms with Gasteiger partial charge in [0.25, 0.3) is 11.1 Å². The van der Waals surface area contributed by atoms with Crippen LogP contribution in [0.15, 0.2) is 109 Å². The van der Waals surface area contributed by atoms with E-state index in [1.54, 1.807) is 38.1 Å². The third kappa shape index (κ3) is 14.1. The van der Waals surface area contributed by atoms with Crippen molar-refractivity contribution in [2.24, 2.45) is 5.73 Å². The molecular formula is C38H40Cl2N2O8. The number of carbonyl (C=O) groups is 6. The molecule has 2 unspecified atom stereocenters.